The Kier molecular flexibility index (Phi) is 4.68. The molecule has 0 aliphatic heterocycles. The number of halogens is 7. The molecule has 1 radical (unpaired) electrons. The van der Waals surface area contributed by atoms with Crippen LogP contribution in [0.15, 0.2) is 24.3 Å². The lowest BCUT2D eigenvalue weighted by Gasteiger charge is -2.29. The van der Waals surface area contributed by atoms with Crippen molar-refractivity contribution in [2.45, 2.75) is 30.9 Å². The zero-order valence-electron chi connectivity index (χ0n) is 9.98. The Bertz CT molecular complexity index is 453. The van der Waals surface area contributed by atoms with Gasteiger partial charge in [0, 0.05) is 5.56 Å². The molecule has 20 heavy (non-hydrogen) atoms. The fourth-order valence-corrected chi connectivity index (χ4v) is 1.65. The summed E-state index contributed by atoms with van der Waals surface area (Å²) in [5.74, 6) is -11.6. The fourth-order valence-electron chi connectivity index (χ4n) is 1.65. The van der Waals surface area contributed by atoms with Gasteiger partial charge in [0.1, 0.15) is 0 Å². The van der Waals surface area contributed by atoms with Crippen LogP contribution in [0.2, 0.25) is 0 Å². The summed E-state index contributed by atoms with van der Waals surface area (Å²) in [6, 6.07) is 3.69. The Balaban J connectivity index is 3.28. The molecule has 0 aliphatic carbocycles. The minimum Gasteiger partial charge on any atom is -0.237 e. The Morgan fingerprint density at radius 1 is 0.900 bits per heavy atom. The predicted octanol–water partition coefficient (Wildman–Crippen LogP) is 4.34. The number of hydrogen-bond donors (Lipinski definition) is 0. The molecule has 0 atom stereocenters. The van der Waals surface area contributed by atoms with Crippen LogP contribution in [0.5, 0.6) is 0 Å². The van der Waals surface area contributed by atoms with Crippen LogP contribution in [0.25, 0.3) is 0 Å². The van der Waals surface area contributed by atoms with E-state index in [0.29, 0.717) is 6.07 Å². The van der Waals surface area contributed by atoms with Crippen LogP contribution in [-0.2, 0) is 17.4 Å². The highest BCUT2D eigenvalue weighted by Gasteiger charge is 2.73. The molecule has 0 fully saturated rings. The van der Waals surface area contributed by atoms with Crippen molar-refractivity contribution < 1.29 is 35.8 Å². The molecule has 0 spiro atoms. The first-order chi connectivity index (χ1) is 9.05. The third-order valence-electron chi connectivity index (χ3n) is 2.70. The van der Waals surface area contributed by atoms with Gasteiger partial charge >= 0.3 is 18.0 Å². The van der Waals surface area contributed by atoms with Crippen LogP contribution in [0, 0.1) is 0 Å². The van der Waals surface area contributed by atoms with Crippen LogP contribution >= 0.6 is 0 Å². The maximum atomic E-state index is 13.6. The summed E-state index contributed by atoms with van der Waals surface area (Å²) in [6.45, 7) is -0.643. The van der Waals surface area contributed by atoms with Gasteiger partial charge in [0.15, 0.2) is 0 Å². The second-order valence-electron chi connectivity index (χ2n) is 4.11. The molecule has 0 saturated carbocycles. The molecule has 0 heterocycles. The van der Waals surface area contributed by atoms with Gasteiger partial charge in [-0.15, -0.1) is 0 Å². The summed E-state index contributed by atoms with van der Waals surface area (Å²) < 4.78 is 89.4. The molecule has 0 aromatic heterocycles. The molecule has 0 saturated heterocycles. The van der Waals surface area contributed by atoms with Crippen LogP contribution in [0.1, 0.15) is 17.5 Å². The molecule has 8 heteroatoms. The summed E-state index contributed by atoms with van der Waals surface area (Å²) in [5, 5.41) is 10.3. The van der Waals surface area contributed by atoms with Gasteiger partial charge in [-0.1, -0.05) is 24.3 Å². The highest BCUT2D eigenvalue weighted by molar-refractivity contribution is 5.33. The van der Waals surface area contributed by atoms with Crippen molar-refractivity contribution in [2.24, 2.45) is 0 Å². The second-order valence-corrected chi connectivity index (χ2v) is 4.11. The van der Waals surface area contributed by atoms with Gasteiger partial charge in [-0.3, -0.25) is 0 Å². The first-order valence-electron chi connectivity index (χ1n) is 5.54. The lowest BCUT2D eigenvalue weighted by Crippen LogP contribution is -2.50. The number of hydrogen-bond acceptors (Lipinski definition) is 0. The van der Waals surface area contributed by atoms with E-state index in [1.54, 1.807) is 0 Å². The molecular formula is C12H10F7O. The highest BCUT2D eigenvalue weighted by Crippen LogP contribution is 2.52. The van der Waals surface area contributed by atoms with Crippen molar-refractivity contribution in [1.82, 2.24) is 0 Å². The molecule has 0 amide bonds. The monoisotopic (exact) mass is 303 g/mol. The lowest BCUT2D eigenvalue weighted by molar-refractivity contribution is -0.359. The smallest absolute Gasteiger partial charge is 0.237 e. The molecule has 0 aliphatic rings. The molecule has 0 N–H and O–H groups in total. The third-order valence-corrected chi connectivity index (χ3v) is 2.70. The molecule has 1 aromatic carbocycles. The van der Waals surface area contributed by atoms with E-state index in [9.17, 15) is 35.8 Å². The Labute approximate surface area is 110 Å². The van der Waals surface area contributed by atoms with Crippen molar-refractivity contribution in [3.05, 3.63) is 35.4 Å². The standard InChI is InChI=1S/C12H10F7O/c13-10(14,11(15,16)12(17,18)19)9-6-2-1-4-8(9)5-3-7-20/h1-2,4,6H,3,5,7H2. The highest BCUT2D eigenvalue weighted by atomic mass is 19.4. The summed E-state index contributed by atoms with van der Waals surface area (Å²) in [7, 11) is 0. The van der Waals surface area contributed by atoms with E-state index in [1.165, 1.54) is 6.07 Å². The van der Waals surface area contributed by atoms with Crippen molar-refractivity contribution in [1.29, 1.82) is 0 Å². The van der Waals surface area contributed by atoms with Crippen molar-refractivity contribution in [3.63, 3.8) is 0 Å². The Hall–Kier alpha value is -1.31. The molecule has 113 valence electrons. The van der Waals surface area contributed by atoms with Gasteiger partial charge in [0.25, 0.3) is 0 Å². The molecule has 1 nitrogen and oxygen atoms in total. The number of alkyl halides is 7. The number of aryl methyl sites for hydroxylation is 1. The molecule has 1 rings (SSSR count). The van der Waals surface area contributed by atoms with E-state index in [0.717, 1.165) is 12.1 Å². The zero-order chi connectivity index (χ0) is 15.6. The summed E-state index contributed by atoms with van der Waals surface area (Å²) in [5.41, 5.74) is -1.80. The maximum absolute atomic E-state index is 13.6. The van der Waals surface area contributed by atoms with Crippen molar-refractivity contribution in [2.75, 3.05) is 6.61 Å². The quantitative estimate of drug-likeness (QED) is 0.721. The van der Waals surface area contributed by atoms with E-state index in [1.807, 2.05) is 0 Å². The van der Waals surface area contributed by atoms with Gasteiger partial charge in [-0.25, -0.2) is 5.11 Å². The first-order valence-corrected chi connectivity index (χ1v) is 5.54. The first kappa shape index (κ1) is 16.7. The van der Waals surface area contributed by atoms with Gasteiger partial charge < -0.3 is 0 Å². The predicted molar refractivity (Wildman–Crippen MR) is 55.2 cm³/mol. The van der Waals surface area contributed by atoms with Crippen LogP contribution in [0.4, 0.5) is 30.7 Å². The minimum atomic E-state index is -6.37. The van der Waals surface area contributed by atoms with Gasteiger partial charge in [-0.2, -0.15) is 30.7 Å². The third kappa shape index (κ3) is 2.89. The van der Waals surface area contributed by atoms with E-state index in [-0.39, 0.29) is 12.8 Å². The van der Waals surface area contributed by atoms with Crippen molar-refractivity contribution in [3.8, 4) is 0 Å². The van der Waals surface area contributed by atoms with Gasteiger partial charge in [0.2, 0.25) is 0 Å². The molecule has 0 bridgehead atoms. The van der Waals surface area contributed by atoms with Gasteiger partial charge in [-0.05, 0) is 18.4 Å². The summed E-state index contributed by atoms with van der Waals surface area (Å²) in [6.07, 6.45) is -6.80. The summed E-state index contributed by atoms with van der Waals surface area (Å²) >= 11 is 0. The van der Waals surface area contributed by atoms with Crippen molar-refractivity contribution >= 4 is 0 Å². The van der Waals surface area contributed by atoms with Crippen LogP contribution in [-0.4, -0.2) is 18.7 Å². The minimum absolute atomic E-state index is 0.134. The Morgan fingerprint density at radius 3 is 1.95 bits per heavy atom. The zero-order valence-corrected chi connectivity index (χ0v) is 9.98. The number of benzene rings is 1. The normalized spacial score (nSPS) is 13.6. The molecule has 1 aromatic rings. The molecule has 0 unspecified atom stereocenters. The lowest BCUT2D eigenvalue weighted by atomic mass is 9.94. The van der Waals surface area contributed by atoms with E-state index < -0.39 is 35.8 Å². The average Bonchev–Trinajstić information content (AvgIpc) is 2.35. The fraction of sp³-hybridized carbons (Fsp3) is 0.500. The second kappa shape index (κ2) is 5.59. The summed E-state index contributed by atoms with van der Waals surface area (Å²) in [4.78, 5) is 0. The van der Waals surface area contributed by atoms with Gasteiger partial charge in [0.05, 0.1) is 6.61 Å². The number of rotatable bonds is 5. The van der Waals surface area contributed by atoms with E-state index in [4.69, 9.17) is 0 Å². The van der Waals surface area contributed by atoms with Crippen LogP contribution < -0.4 is 0 Å². The largest absolute Gasteiger partial charge is 0.460 e. The maximum Gasteiger partial charge on any atom is 0.460 e. The van der Waals surface area contributed by atoms with E-state index in [2.05, 4.69) is 0 Å². The van der Waals surface area contributed by atoms with Crippen LogP contribution in [0.3, 0.4) is 0 Å². The average molecular weight is 303 g/mol. The van der Waals surface area contributed by atoms with E-state index >= 15 is 0 Å². The topological polar surface area (TPSA) is 19.9 Å². The Morgan fingerprint density at radius 2 is 1.45 bits per heavy atom. The molecular weight excluding hydrogens is 293 g/mol. The SMILES string of the molecule is [O]CCCc1ccccc1C(F)(F)C(F)(F)C(F)(F)F.